The highest BCUT2D eigenvalue weighted by molar-refractivity contribution is 7.89. The van der Waals surface area contributed by atoms with Crippen LogP contribution in [0.4, 0.5) is 0 Å². The molecular weight excluding hydrogens is 298 g/mol. The number of nitrogens with zero attached hydrogens (tertiary/aromatic N) is 2. The molecule has 0 unspecified atom stereocenters. The van der Waals surface area contributed by atoms with E-state index >= 15 is 0 Å². The van der Waals surface area contributed by atoms with Crippen LogP contribution in [-0.2, 0) is 17.1 Å². The van der Waals surface area contributed by atoms with Crippen molar-refractivity contribution in [1.29, 1.82) is 0 Å². The van der Waals surface area contributed by atoms with Gasteiger partial charge in [-0.15, -0.1) is 0 Å². The number of rotatable bonds is 2. The number of aryl methyl sites for hydroxylation is 1. The van der Waals surface area contributed by atoms with Gasteiger partial charge in [-0.1, -0.05) is 11.3 Å². The van der Waals surface area contributed by atoms with Crippen LogP contribution >= 0.6 is 11.3 Å². The molecule has 1 N–H and O–H groups in total. The summed E-state index contributed by atoms with van der Waals surface area (Å²) in [7, 11) is -1.78. The number of aromatic nitrogens is 1. The molecular formula is C12H15N3O3S2. The van der Waals surface area contributed by atoms with Crippen molar-refractivity contribution in [2.75, 3.05) is 26.2 Å². The van der Waals surface area contributed by atoms with E-state index in [0.29, 0.717) is 30.9 Å². The van der Waals surface area contributed by atoms with Crippen LogP contribution in [0.5, 0.6) is 0 Å². The summed E-state index contributed by atoms with van der Waals surface area (Å²) in [4.78, 5) is 11.8. The maximum absolute atomic E-state index is 12.5. The van der Waals surface area contributed by atoms with Crippen LogP contribution in [-0.4, -0.2) is 43.5 Å². The number of thiazole rings is 1. The second-order valence-corrected chi connectivity index (χ2v) is 7.64. The quantitative estimate of drug-likeness (QED) is 0.859. The lowest BCUT2D eigenvalue weighted by Crippen LogP contribution is -2.46. The Kier molecular flexibility index (Phi) is 3.41. The summed E-state index contributed by atoms with van der Waals surface area (Å²) in [5.74, 6) is 0. The molecule has 0 amide bonds. The number of hydrogen-bond acceptors (Lipinski definition) is 5. The lowest BCUT2D eigenvalue weighted by atomic mass is 10.3. The standard InChI is InChI=1S/C12H15N3O3S2/c1-14-10-3-2-9(8-11(10)19-12(14)16)20(17,18)15-6-4-13-5-7-15/h2-3,8,13H,4-7H2,1H3. The van der Waals surface area contributed by atoms with Gasteiger partial charge in [0.05, 0.1) is 15.1 Å². The smallest absolute Gasteiger partial charge is 0.307 e. The van der Waals surface area contributed by atoms with Crippen LogP contribution in [0, 0.1) is 0 Å². The van der Waals surface area contributed by atoms with Crippen LogP contribution in [0.2, 0.25) is 0 Å². The van der Waals surface area contributed by atoms with E-state index in [1.807, 2.05) is 0 Å². The van der Waals surface area contributed by atoms with Gasteiger partial charge in [0.1, 0.15) is 0 Å². The maximum Gasteiger partial charge on any atom is 0.307 e. The zero-order valence-corrected chi connectivity index (χ0v) is 12.6. The summed E-state index contributed by atoms with van der Waals surface area (Å²) in [5, 5.41) is 3.13. The van der Waals surface area contributed by atoms with E-state index in [-0.39, 0.29) is 9.77 Å². The predicted molar refractivity (Wildman–Crippen MR) is 78.7 cm³/mol. The molecule has 1 aromatic carbocycles. The molecule has 108 valence electrons. The molecule has 1 aromatic heterocycles. The summed E-state index contributed by atoms with van der Waals surface area (Å²) >= 11 is 1.07. The fourth-order valence-corrected chi connectivity index (χ4v) is 4.77. The third kappa shape index (κ3) is 2.18. The molecule has 1 fully saturated rings. The molecule has 6 nitrogen and oxygen atoms in total. The minimum Gasteiger partial charge on any atom is -0.314 e. The Morgan fingerprint density at radius 2 is 1.95 bits per heavy atom. The fourth-order valence-electron chi connectivity index (χ4n) is 2.31. The minimum atomic E-state index is -3.47. The first-order chi connectivity index (χ1) is 9.50. The van der Waals surface area contributed by atoms with Crippen molar-refractivity contribution >= 4 is 31.6 Å². The molecule has 0 bridgehead atoms. The van der Waals surface area contributed by atoms with Gasteiger partial charge in [0.25, 0.3) is 0 Å². The first-order valence-electron chi connectivity index (χ1n) is 6.30. The minimum absolute atomic E-state index is 0.0864. The zero-order valence-electron chi connectivity index (χ0n) is 11.0. The molecule has 0 spiro atoms. The van der Waals surface area contributed by atoms with Crippen LogP contribution < -0.4 is 10.2 Å². The van der Waals surface area contributed by atoms with Gasteiger partial charge in [-0.25, -0.2) is 8.42 Å². The zero-order chi connectivity index (χ0) is 14.3. The van der Waals surface area contributed by atoms with Crippen molar-refractivity contribution in [2.45, 2.75) is 4.90 Å². The molecule has 0 radical (unpaired) electrons. The molecule has 1 saturated heterocycles. The third-order valence-electron chi connectivity index (χ3n) is 3.48. The van der Waals surface area contributed by atoms with Gasteiger partial charge >= 0.3 is 4.87 Å². The first-order valence-corrected chi connectivity index (χ1v) is 8.56. The van der Waals surface area contributed by atoms with E-state index in [4.69, 9.17) is 0 Å². The van der Waals surface area contributed by atoms with E-state index in [1.165, 1.54) is 8.87 Å². The van der Waals surface area contributed by atoms with Gasteiger partial charge in [-0.2, -0.15) is 4.31 Å². The number of sulfonamides is 1. The van der Waals surface area contributed by atoms with Crippen molar-refractivity contribution in [3.8, 4) is 0 Å². The summed E-state index contributed by atoms with van der Waals surface area (Å²) < 4.78 is 28.8. The van der Waals surface area contributed by atoms with Gasteiger partial charge in [-0.3, -0.25) is 4.79 Å². The molecule has 2 heterocycles. The SMILES string of the molecule is Cn1c(=O)sc2cc(S(=O)(=O)N3CCNCC3)ccc21. The molecule has 1 aliphatic heterocycles. The second kappa shape index (κ2) is 4.96. The Morgan fingerprint density at radius 3 is 2.65 bits per heavy atom. The average molecular weight is 313 g/mol. The van der Waals surface area contributed by atoms with E-state index < -0.39 is 10.0 Å². The number of fused-ring (bicyclic) bond motifs is 1. The molecule has 1 aliphatic rings. The molecule has 20 heavy (non-hydrogen) atoms. The molecule has 8 heteroatoms. The highest BCUT2D eigenvalue weighted by atomic mass is 32.2. The molecule has 2 aromatic rings. The molecule has 3 rings (SSSR count). The van der Waals surface area contributed by atoms with Gasteiger partial charge in [0, 0.05) is 33.2 Å². The Balaban J connectivity index is 2.07. The second-order valence-electron chi connectivity index (χ2n) is 4.71. The third-order valence-corrected chi connectivity index (χ3v) is 6.37. The van der Waals surface area contributed by atoms with Crippen LogP contribution in [0.3, 0.4) is 0 Å². The number of hydrogen-bond donors (Lipinski definition) is 1. The lowest BCUT2D eigenvalue weighted by molar-refractivity contribution is 0.360. The number of benzene rings is 1. The maximum atomic E-state index is 12.5. The van der Waals surface area contributed by atoms with Crippen molar-refractivity contribution in [3.63, 3.8) is 0 Å². The Hall–Kier alpha value is -1.22. The van der Waals surface area contributed by atoms with E-state index in [2.05, 4.69) is 5.32 Å². The topological polar surface area (TPSA) is 71.4 Å². The summed E-state index contributed by atoms with van der Waals surface area (Å²) in [6.45, 7) is 2.29. The largest absolute Gasteiger partial charge is 0.314 e. The highest BCUT2D eigenvalue weighted by Gasteiger charge is 2.26. The van der Waals surface area contributed by atoms with Gasteiger partial charge in [0.2, 0.25) is 10.0 Å². The van der Waals surface area contributed by atoms with Gasteiger partial charge < -0.3 is 9.88 Å². The fraction of sp³-hybridized carbons (Fsp3) is 0.417. The van der Waals surface area contributed by atoms with Crippen molar-refractivity contribution < 1.29 is 8.42 Å². The Labute approximate surface area is 120 Å². The normalized spacial score (nSPS) is 17.6. The molecule has 0 aliphatic carbocycles. The van der Waals surface area contributed by atoms with Crippen LogP contribution in [0.25, 0.3) is 10.2 Å². The monoisotopic (exact) mass is 313 g/mol. The van der Waals surface area contributed by atoms with E-state index in [9.17, 15) is 13.2 Å². The van der Waals surface area contributed by atoms with Crippen LogP contribution in [0.1, 0.15) is 0 Å². The first kappa shape index (κ1) is 13.7. The number of nitrogens with one attached hydrogen (secondary N) is 1. The van der Waals surface area contributed by atoms with Crippen LogP contribution in [0.15, 0.2) is 27.9 Å². The molecule has 0 atom stereocenters. The summed E-state index contributed by atoms with van der Waals surface area (Å²) in [5.41, 5.74) is 0.763. The van der Waals surface area contributed by atoms with Gasteiger partial charge in [0.15, 0.2) is 0 Å². The Morgan fingerprint density at radius 1 is 1.25 bits per heavy atom. The van der Waals surface area contributed by atoms with Crippen molar-refractivity contribution in [1.82, 2.24) is 14.2 Å². The Bertz CT molecular complexity index is 801. The average Bonchev–Trinajstić information content (AvgIpc) is 2.74. The predicted octanol–water partition coefficient (Wildman–Crippen LogP) is 0.194. The lowest BCUT2D eigenvalue weighted by Gasteiger charge is -2.26. The van der Waals surface area contributed by atoms with E-state index in [1.54, 1.807) is 25.2 Å². The number of piperazine rings is 1. The van der Waals surface area contributed by atoms with E-state index in [0.717, 1.165) is 16.9 Å². The highest BCUT2D eigenvalue weighted by Crippen LogP contribution is 2.23. The van der Waals surface area contributed by atoms with Crippen molar-refractivity contribution in [3.05, 3.63) is 27.9 Å². The van der Waals surface area contributed by atoms with Gasteiger partial charge in [-0.05, 0) is 18.2 Å². The summed E-state index contributed by atoms with van der Waals surface area (Å²) in [6, 6.07) is 4.87. The van der Waals surface area contributed by atoms with Crippen molar-refractivity contribution in [2.24, 2.45) is 7.05 Å². The molecule has 0 saturated carbocycles. The summed E-state index contributed by atoms with van der Waals surface area (Å²) in [6.07, 6.45) is 0.